The average Bonchev–Trinajstić information content (AvgIpc) is 2.80. The van der Waals surface area contributed by atoms with E-state index in [-0.39, 0.29) is 11.7 Å². The number of hydrogen-bond donors (Lipinski definition) is 1. The molecule has 1 amide bonds. The number of rotatable bonds is 4. The van der Waals surface area contributed by atoms with Crippen molar-refractivity contribution >= 4 is 22.6 Å². The zero-order chi connectivity index (χ0) is 16.4. The number of anilines is 1. The molecule has 0 bridgehead atoms. The first-order chi connectivity index (χ1) is 11.0. The van der Waals surface area contributed by atoms with Crippen LogP contribution in [0.1, 0.15) is 17.8 Å². The van der Waals surface area contributed by atoms with E-state index in [1.54, 1.807) is 6.07 Å². The second-order valence-corrected chi connectivity index (χ2v) is 5.60. The molecule has 2 aromatic carbocycles. The Labute approximate surface area is 134 Å². The second-order valence-electron chi connectivity index (χ2n) is 5.60. The molecule has 118 valence electrons. The van der Waals surface area contributed by atoms with Crippen LogP contribution in [0.25, 0.3) is 11.0 Å². The minimum atomic E-state index is -0.279. The van der Waals surface area contributed by atoms with Gasteiger partial charge in [-0.3, -0.25) is 4.79 Å². The molecule has 0 saturated carbocycles. The van der Waals surface area contributed by atoms with E-state index in [1.165, 1.54) is 12.1 Å². The van der Waals surface area contributed by atoms with E-state index in [2.05, 4.69) is 10.3 Å². The molecule has 23 heavy (non-hydrogen) atoms. The molecular weight excluding hydrogens is 293 g/mol. The van der Waals surface area contributed by atoms with Crippen molar-refractivity contribution in [3.05, 3.63) is 59.7 Å². The number of halogens is 1. The molecule has 0 aliphatic rings. The number of nitrogens with one attached hydrogen (secondary N) is 1. The van der Waals surface area contributed by atoms with Crippen LogP contribution in [0.2, 0.25) is 0 Å². The third-order valence-electron chi connectivity index (χ3n) is 3.92. The van der Waals surface area contributed by atoms with Crippen LogP contribution >= 0.6 is 0 Å². The van der Waals surface area contributed by atoms with E-state index in [1.807, 2.05) is 42.8 Å². The summed E-state index contributed by atoms with van der Waals surface area (Å²) >= 11 is 0. The maximum absolute atomic E-state index is 13.1. The Bertz CT molecular complexity index is 870. The number of imidazole rings is 1. The molecular formula is C18H18FN3O. The number of nitrogens with zero attached hydrogens (tertiary/aromatic N) is 2. The zero-order valence-corrected chi connectivity index (χ0v) is 13.1. The Hall–Kier alpha value is -2.69. The van der Waals surface area contributed by atoms with Gasteiger partial charge in [-0.1, -0.05) is 12.1 Å². The van der Waals surface area contributed by atoms with Gasteiger partial charge in [-0.2, -0.15) is 0 Å². The predicted molar refractivity (Wildman–Crippen MR) is 88.8 cm³/mol. The van der Waals surface area contributed by atoms with Crippen LogP contribution in [0.3, 0.4) is 0 Å². The molecule has 1 N–H and O–H groups in total. The van der Waals surface area contributed by atoms with Crippen molar-refractivity contribution in [3.63, 3.8) is 0 Å². The summed E-state index contributed by atoms with van der Waals surface area (Å²) in [6.45, 7) is 1.94. The summed E-state index contributed by atoms with van der Waals surface area (Å²) in [5.41, 5.74) is 3.42. The van der Waals surface area contributed by atoms with Crippen LogP contribution in [0.15, 0.2) is 42.5 Å². The van der Waals surface area contributed by atoms with Crippen LogP contribution in [0, 0.1) is 12.7 Å². The zero-order valence-electron chi connectivity index (χ0n) is 13.1. The van der Waals surface area contributed by atoms with E-state index >= 15 is 0 Å². The minimum Gasteiger partial charge on any atom is -0.331 e. The fourth-order valence-electron chi connectivity index (χ4n) is 2.57. The maximum Gasteiger partial charge on any atom is 0.224 e. The largest absolute Gasteiger partial charge is 0.331 e. The highest BCUT2D eigenvalue weighted by Gasteiger charge is 2.07. The normalized spacial score (nSPS) is 10.9. The van der Waals surface area contributed by atoms with E-state index in [9.17, 15) is 9.18 Å². The number of aromatic nitrogens is 2. The van der Waals surface area contributed by atoms with Gasteiger partial charge in [-0.15, -0.1) is 0 Å². The summed E-state index contributed by atoms with van der Waals surface area (Å²) in [5.74, 6) is 0.551. The molecule has 5 heteroatoms. The Morgan fingerprint density at radius 1 is 1.26 bits per heavy atom. The molecule has 4 nitrogen and oxygen atoms in total. The molecule has 1 aromatic heterocycles. The van der Waals surface area contributed by atoms with E-state index in [0.29, 0.717) is 12.8 Å². The van der Waals surface area contributed by atoms with Crippen LogP contribution in [-0.2, 0) is 18.3 Å². The van der Waals surface area contributed by atoms with Crippen molar-refractivity contribution in [3.8, 4) is 0 Å². The van der Waals surface area contributed by atoms with Crippen molar-refractivity contribution < 1.29 is 9.18 Å². The summed E-state index contributed by atoms with van der Waals surface area (Å²) in [7, 11) is 1.96. The fourth-order valence-corrected chi connectivity index (χ4v) is 2.57. The van der Waals surface area contributed by atoms with Gasteiger partial charge in [0.1, 0.15) is 11.6 Å². The minimum absolute atomic E-state index is 0.0961. The van der Waals surface area contributed by atoms with Crippen molar-refractivity contribution in [2.24, 2.45) is 7.05 Å². The van der Waals surface area contributed by atoms with Gasteiger partial charge >= 0.3 is 0 Å². The van der Waals surface area contributed by atoms with Gasteiger partial charge in [0.25, 0.3) is 0 Å². The van der Waals surface area contributed by atoms with Crippen molar-refractivity contribution in [1.82, 2.24) is 9.55 Å². The molecule has 0 radical (unpaired) electrons. The SMILES string of the molecule is Cc1nc2cc(NC(=O)CCc3cccc(F)c3)ccc2n1C. The molecule has 0 aliphatic carbocycles. The first-order valence-corrected chi connectivity index (χ1v) is 7.50. The molecule has 1 heterocycles. The molecule has 0 saturated heterocycles. The van der Waals surface area contributed by atoms with E-state index in [0.717, 1.165) is 28.1 Å². The topological polar surface area (TPSA) is 46.9 Å². The Balaban J connectivity index is 1.65. The lowest BCUT2D eigenvalue weighted by atomic mass is 10.1. The Morgan fingerprint density at radius 3 is 2.87 bits per heavy atom. The van der Waals surface area contributed by atoms with Crippen LogP contribution in [-0.4, -0.2) is 15.5 Å². The first kappa shape index (κ1) is 15.2. The van der Waals surface area contributed by atoms with Crippen molar-refractivity contribution in [1.29, 1.82) is 0 Å². The lowest BCUT2D eigenvalue weighted by Crippen LogP contribution is -2.12. The summed E-state index contributed by atoms with van der Waals surface area (Å²) in [6, 6.07) is 12.0. The number of fused-ring (bicyclic) bond motifs is 1. The molecule has 0 fully saturated rings. The Kier molecular flexibility index (Phi) is 4.10. The molecule has 0 unspecified atom stereocenters. The van der Waals surface area contributed by atoms with Crippen molar-refractivity contribution in [2.45, 2.75) is 19.8 Å². The van der Waals surface area contributed by atoms with Gasteiger partial charge in [0.2, 0.25) is 5.91 Å². The van der Waals surface area contributed by atoms with Gasteiger partial charge in [-0.25, -0.2) is 9.37 Å². The van der Waals surface area contributed by atoms with Gasteiger partial charge in [-0.05, 0) is 49.2 Å². The molecule has 3 rings (SSSR count). The van der Waals surface area contributed by atoms with Gasteiger partial charge in [0.05, 0.1) is 11.0 Å². The quantitative estimate of drug-likeness (QED) is 0.800. The monoisotopic (exact) mass is 311 g/mol. The average molecular weight is 311 g/mol. The highest BCUT2D eigenvalue weighted by atomic mass is 19.1. The predicted octanol–water partition coefficient (Wildman–Crippen LogP) is 3.59. The third-order valence-corrected chi connectivity index (χ3v) is 3.92. The first-order valence-electron chi connectivity index (χ1n) is 7.50. The number of carbonyl (C=O) groups is 1. The maximum atomic E-state index is 13.1. The fraction of sp³-hybridized carbons (Fsp3) is 0.222. The smallest absolute Gasteiger partial charge is 0.224 e. The summed E-state index contributed by atoms with van der Waals surface area (Å²) in [5, 5.41) is 2.87. The number of aryl methyl sites for hydroxylation is 3. The van der Waals surface area contributed by atoms with Crippen LogP contribution in [0.4, 0.5) is 10.1 Å². The van der Waals surface area contributed by atoms with E-state index < -0.39 is 0 Å². The lowest BCUT2D eigenvalue weighted by Gasteiger charge is -2.06. The molecule has 3 aromatic rings. The van der Waals surface area contributed by atoms with Crippen LogP contribution in [0.5, 0.6) is 0 Å². The van der Waals surface area contributed by atoms with E-state index in [4.69, 9.17) is 0 Å². The number of hydrogen-bond acceptors (Lipinski definition) is 2. The van der Waals surface area contributed by atoms with Crippen molar-refractivity contribution in [2.75, 3.05) is 5.32 Å². The number of amides is 1. The molecule has 0 spiro atoms. The van der Waals surface area contributed by atoms with Gasteiger partial charge < -0.3 is 9.88 Å². The standard InChI is InChI=1S/C18H18FN3O/c1-12-20-16-11-15(7-8-17(16)22(12)2)21-18(23)9-6-13-4-3-5-14(19)10-13/h3-5,7-8,10-11H,6,9H2,1-2H3,(H,21,23). The summed E-state index contributed by atoms with van der Waals surface area (Å²) in [6.07, 6.45) is 0.817. The second kappa shape index (κ2) is 6.20. The van der Waals surface area contributed by atoms with Gasteiger partial charge in [0.15, 0.2) is 0 Å². The van der Waals surface area contributed by atoms with Crippen LogP contribution < -0.4 is 5.32 Å². The highest BCUT2D eigenvalue weighted by molar-refractivity contribution is 5.93. The molecule has 0 aliphatic heterocycles. The summed E-state index contributed by atoms with van der Waals surface area (Å²) < 4.78 is 15.1. The third kappa shape index (κ3) is 3.39. The summed E-state index contributed by atoms with van der Waals surface area (Å²) in [4.78, 5) is 16.5. The number of benzene rings is 2. The highest BCUT2D eigenvalue weighted by Crippen LogP contribution is 2.19. The molecule has 0 atom stereocenters. The number of carbonyl (C=O) groups excluding carboxylic acids is 1. The van der Waals surface area contributed by atoms with Gasteiger partial charge in [0, 0.05) is 19.2 Å². The Morgan fingerprint density at radius 2 is 2.09 bits per heavy atom. The lowest BCUT2D eigenvalue weighted by molar-refractivity contribution is -0.116.